The summed E-state index contributed by atoms with van der Waals surface area (Å²) in [6.07, 6.45) is 4.69. The molecule has 3 aromatic rings. The smallest absolute Gasteiger partial charge is 0.123 e. The second-order valence-corrected chi connectivity index (χ2v) is 6.02. The summed E-state index contributed by atoms with van der Waals surface area (Å²) in [5.41, 5.74) is 4.89. The van der Waals surface area contributed by atoms with E-state index in [2.05, 4.69) is 27.6 Å². The SMILES string of the molecule is CN1CCc2c(c3cc(F)ccc3n2Cc2cccnc2)C1.Cl.Cl. The van der Waals surface area contributed by atoms with Crippen LogP contribution in [0.2, 0.25) is 0 Å². The molecule has 0 unspecified atom stereocenters. The van der Waals surface area contributed by atoms with Gasteiger partial charge < -0.3 is 9.47 Å². The zero-order valence-corrected chi connectivity index (χ0v) is 15.0. The monoisotopic (exact) mass is 367 g/mol. The highest BCUT2D eigenvalue weighted by molar-refractivity contribution is 5.86. The maximum atomic E-state index is 13.7. The van der Waals surface area contributed by atoms with Crippen LogP contribution in [0.3, 0.4) is 0 Å². The highest BCUT2D eigenvalue weighted by Gasteiger charge is 2.22. The first kappa shape index (κ1) is 18.7. The highest BCUT2D eigenvalue weighted by atomic mass is 35.5. The van der Waals surface area contributed by atoms with Gasteiger partial charge in [-0.3, -0.25) is 4.98 Å². The van der Waals surface area contributed by atoms with Crippen molar-refractivity contribution in [1.82, 2.24) is 14.5 Å². The van der Waals surface area contributed by atoms with Gasteiger partial charge in [0.25, 0.3) is 0 Å². The van der Waals surface area contributed by atoms with E-state index in [1.807, 2.05) is 18.3 Å². The van der Waals surface area contributed by atoms with Crippen LogP contribution in [0.15, 0.2) is 42.7 Å². The van der Waals surface area contributed by atoms with Crippen molar-refractivity contribution in [3.05, 3.63) is 65.4 Å². The van der Waals surface area contributed by atoms with E-state index in [9.17, 15) is 4.39 Å². The maximum absolute atomic E-state index is 13.7. The minimum absolute atomic E-state index is 0. The Morgan fingerprint density at radius 1 is 1.21 bits per heavy atom. The molecule has 0 N–H and O–H groups in total. The van der Waals surface area contributed by atoms with Gasteiger partial charge in [0.1, 0.15) is 5.82 Å². The summed E-state index contributed by atoms with van der Waals surface area (Å²) in [7, 11) is 2.12. The Balaban J connectivity index is 0.00000104. The summed E-state index contributed by atoms with van der Waals surface area (Å²) >= 11 is 0. The summed E-state index contributed by atoms with van der Waals surface area (Å²) < 4.78 is 16.0. The molecule has 0 radical (unpaired) electrons. The Bertz CT molecular complexity index is 833. The molecule has 4 rings (SSSR count). The summed E-state index contributed by atoms with van der Waals surface area (Å²) in [5.74, 6) is -0.165. The van der Waals surface area contributed by atoms with Gasteiger partial charge in [-0.25, -0.2) is 4.39 Å². The third-order valence-electron chi connectivity index (χ3n) is 4.47. The number of pyridine rings is 1. The van der Waals surface area contributed by atoms with Crippen LogP contribution in [0, 0.1) is 5.82 Å². The van der Waals surface area contributed by atoms with E-state index in [1.165, 1.54) is 16.8 Å². The molecule has 3 nitrogen and oxygen atoms in total. The average molecular weight is 368 g/mol. The van der Waals surface area contributed by atoms with Crippen LogP contribution < -0.4 is 0 Å². The van der Waals surface area contributed by atoms with Gasteiger partial charge in [0, 0.05) is 55.0 Å². The summed E-state index contributed by atoms with van der Waals surface area (Å²) in [6, 6.07) is 9.17. The van der Waals surface area contributed by atoms with Crippen molar-refractivity contribution >= 4 is 35.7 Å². The Hall–Kier alpha value is -1.62. The fraction of sp³-hybridized carbons (Fsp3) is 0.278. The largest absolute Gasteiger partial charge is 0.340 e. The van der Waals surface area contributed by atoms with Crippen molar-refractivity contribution in [2.75, 3.05) is 13.6 Å². The molecule has 1 aliphatic rings. The Labute approximate surface area is 153 Å². The number of hydrogen-bond donors (Lipinski definition) is 0. The highest BCUT2D eigenvalue weighted by Crippen LogP contribution is 2.31. The van der Waals surface area contributed by atoms with Crippen LogP contribution in [-0.4, -0.2) is 28.0 Å². The molecule has 0 atom stereocenters. The van der Waals surface area contributed by atoms with Gasteiger partial charge in [0.2, 0.25) is 0 Å². The molecule has 128 valence electrons. The summed E-state index contributed by atoms with van der Waals surface area (Å²) in [4.78, 5) is 6.49. The molecular formula is C18H20Cl2FN3. The molecule has 0 saturated carbocycles. The van der Waals surface area contributed by atoms with Crippen LogP contribution in [0.5, 0.6) is 0 Å². The van der Waals surface area contributed by atoms with Crippen molar-refractivity contribution in [2.24, 2.45) is 0 Å². The van der Waals surface area contributed by atoms with Crippen LogP contribution in [0.25, 0.3) is 10.9 Å². The zero-order chi connectivity index (χ0) is 15.1. The van der Waals surface area contributed by atoms with Gasteiger partial charge in [0.15, 0.2) is 0 Å². The van der Waals surface area contributed by atoms with E-state index < -0.39 is 0 Å². The Kier molecular flexibility index (Phi) is 5.86. The summed E-state index contributed by atoms with van der Waals surface area (Å²) in [6.45, 7) is 2.71. The van der Waals surface area contributed by atoms with Crippen LogP contribution in [-0.2, 0) is 19.5 Å². The average Bonchev–Trinajstić information content (AvgIpc) is 2.81. The third-order valence-corrected chi connectivity index (χ3v) is 4.47. The molecule has 0 saturated heterocycles. The van der Waals surface area contributed by atoms with Crippen molar-refractivity contribution in [2.45, 2.75) is 19.5 Å². The topological polar surface area (TPSA) is 21.1 Å². The normalized spacial score (nSPS) is 13.9. The van der Waals surface area contributed by atoms with E-state index in [-0.39, 0.29) is 30.6 Å². The lowest BCUT2D eigenvalue weighted by Crippen LogP contribution is -2.27. The van der Waals surface area contributed by atoms with E-state index in [1.54, 1.807) is 18.3 Å². The van der Waals surface area contributed by atoms with E-state index in [0.29, 0.717) is 0 Å². The number of hydrogen-bond acceptors (Lipinski definition) is 2. The van der Waals surface area contributed by atoms with E-state index >= 15 is 0 Å². The molecule has 2 aromatic heterocycles. The number of aromatic nitrogens is 2. The number of fused-ring (bicyclic) bond motifs is 3. The summed E-state index contributed by atoms with van der Waals surface area (Å²) in [5, 5.41) is 1.05. The predicted octanol–water partition coefficient (Wildman–Crippen LogP) is 4.06. The number of nitrogens with zero attached hydrogens (tertiary/aromatic N) is 3. The fourth-order valence-corrected chi connectivity index (χ4v) is 3.41. The lowest BCUT2D eigenvalue weighted by atomic mass is 10.0. The Morgan fingerprint density at radius 3 is 2.79 bits per heavy atom. The van der Waals surface area contributed by atoms with Crippen molar-refractivity contribution in [3.8, 4) is 0 Å². The molecule has 6 heteroatoms. The number of likely N-dealkylation sites (N-methyl/N-ethyl adjacent to an activating group) is 1. The molecular weight excluding hydrogens is 348 g/mol. The molecule has 24 heavy (non-hydrogen) atoms. The second kappa shape index (κ2) is 7.51. The lowest BCUT2D eigenvalue weighted by Gasteiger charge is -2.24. The van der Waals surface area contributed by atoms with E-state index in [4.69, 9.17) is 0 Å². The third kappa shape index (κ3) is 3.27. The molecule has 0 spiro atoms. The predicted molar refractivity (Wildman–Crippen MR) is 99.8 cm³/mol. The minimum atomic E-state index is -0.165. The van der Waals surface area contributed by atoms with Gasteiger partial charge in [-0.2, -0.15) is 0 Å². The molecule has 0 fully saturated rings. The number of benzene rings is 1. The standard InChI is InChI=1S/C18H18FN3.2ClH/c1-21-8-6-18-16(12-21)15-9-14(19)4-5-17(15)22(18)11-13-3-2-7-20-10-13;;/h2-5,7,9-10H,6,8,11-12H2,1H3;2*1H. The van der Waals surface area contributed by atoms with Gasteiger partial charge in [-0.1, -0.05) is 6.07 Å². The van der Waals surface area contributed by atoms with Crippen LogP contribution >= 0.6 is 24.8 Å². The van der Waals surface area contributed by atoms with Crippen LogP contribution in [0.4, 0.5) is 4.39 Å². The molecule has 1 aromatic carbocycles. The van der Waals surface area contributed by atoms with Crippen molar-refractivity contribution < 1.29 is 4.39 Å². The Morgan fingerprint density at radius 2 is 2.04 bits per heavy atom. The first-order chi connectivity index (χ1) is 10.7. The van der Waals surface area contributed by atoms with Gasteiger partial charge in [-0.05, 0) is 42.4 Å². The van der Waals surface area contributed by atoms with Crippen molar-refractivity contribution in [1.29, 1.82) is 0 Å². The maximum Gasteiger partial charge on any atom is 0.123 e. The molecule has 1 aliphatic heterocycles. The van der Waals surface area contributed by atoms with Gasteiger partial charge in [-0.15, -0.1) is 24.8 Å². The number of rotatable bonds is 2. The van der Waals surface area contributed by atoms with Crippen molar-refractivity contribution in [3.63, 3.8) is 0 Å². The second-order valence-electron chi connectivity index (χ2n) is 6.02. The van der Waals surface area contributed by atoms with Crippen LogP contribution in [0.1, 0.15) is 16.8 Å². The first-order valence-corrected chi connectivity index (χ1v) is 7.59. The van der Waals surface area contributed by atoms with Gasteiger partial charge in [0.05, 0.1) is 0 Å². The molecule has 0 aliphatic carbocycles. The molecule has 0 bridgehead atoms. The first-order valence-electron chi connectivity index (χ1n) is 7.59. The molecule has 3 heterocycles. The zero-order valence-electron chi connectivity index (χ0n) is 13.4. The molecule has 0 amide bonds. The van der Waals surface area contributed by atoms with Gasteiger partial charge >= 0.3 is 0 Å². The quantitative estimate of drug-likeness (QED) is 0.680. The minimum Gasteiger partial charge on any atom is -0.340 e. The fourth-order valence-electron chi connectivity index (χ4n) is 3.41. The number of halogens is 3. The van der Waals surface area contributed by atoms with E-state index in [0.717, 1.165) is 37.0 Å². The lowest BCUT2D eigenvalue weighted by molar-refractivity contribution is 0.310.